The van der Waals surface area contributed by atoms with E-state index in [0.29, 0.717) is 0 Å². The molecule has 0 radical (unpaired) electrons. The maximum Gasteiger partial charge on any atom is 0.0783 e. The lowest BCUT2D eigenvalue weighted by molar-refractivity contribution is -0.870. The van der Waals surface area contributed by atoms with Gasteiger partial charge in [0.1, 0.15) is 0 Å². The molecule has 0 spiro atoms. The molecule has 0 rings (SSSR count). The topological polar surface area (TPSA) is 0 Å². The highest BCUT2D eigenvalue weighted by Crippen LogP contribution is 1.96. The molecule has 0 unspecified atom stereocenters. The lowest BCUT2D eigenvalue weighted by Gasteiger charge is -2.23. The third-order valence-corrected chi connectivity index (χ3v) is 1.24. The smallest absolute Gasteiger partial charge is 0.0783 e. The Morgan fingerprint density at radius 3 is 2.10 bits per heavy atom. The Morgan fingerprint density at radius 1 is 1.30 bits per heavy atom. The molecule has 0 fully saturated rings. The van der Waals surface area contributed by atoms with Crippen LogP contribution in [0, 0.1) is 0 Å². The van der Waals surface area contributed by atoms with E-state index in [1.54, 1.807) is 0 Å². The largest absolute Gasteiger partial charge is 1.00 e. The Balaban J connectivity index is 0. The van der Waals surface area contributed by atoms with Gasteiger partial charge in [0.05, 0.1) is 27.7 Å². The van der Waals surface area contributed by atoms with Crippen LogP contribution in [0.1, 0.15) is 12.8 Å². The van der Waals surface area contributed by atoms with Crippen molar-refractivity contribution in [2.24, 2.45) is 0 Å². The number of hydrogen-bond acceptors (Lipinski definition) is 0. The van der Waals surface area contributed by atoms with Crippen LogP contribution >= 0.6 is 0 Å². The van der Waals surface area contributed by atoms with Crippen LogP contribution < -0.4 is 24.0 Å². The number of hydrogen-bond donors (Lipinski definition) is 0. The van der Waals surface area contributed by atoms with Crippen molar-refractivity contribution >= 4 is 0 Å². The highest BCUT2D eigenvalue weighted by atomic mass is 127. The van der Waals surface area contributed by atoms with Crippen molar-refractivity contribution in [1.29, 1.82) is 0 Å². The molecule has 0 amide bonds. The molecule has 0 aliphatic carbocycles. The van der Waals surface area contributed by atoms with E-state index in [0.717, 1.165) is 10.9 Å². The predicted molar refractivity (Wildman–Crippen MR) is 42.3 cm³/mol. The zero-order valence-corrected chi connectivity index (χ0v) is 9.39. The predicted octanol–water partition coefficient (Wildman–Crippen LogP) is -1.34. The molecule has 0 aromatic carbocycles. The van der Waals surface area contributed by atoms with E-state index in [1.165, 1.54) is 13.0 Å². The Morgan fingerprint density at radius 2 is 1.80 bits per heavy atom. The molecule has 0 N–H and O–H groups in total. The van der Waals surface area contributed by atoms with E-state index in [9.17, 15) is 0 Å². The van der Waals surface area contributed by atoms with Gasteiger partial charge in [0.15, 0.2) is 0 Å². The van der Waals surface area contributed by atoms with Crippen LogP contribution in [0.4, 0.5) is 0 Å². The SMILES string of the molecule is C=CCCC[N+](C)(C)C.[I-]. The molecule has 2 heteroatoms. The van der Waals surface area contributed by atoms with Crippen molar-refractivity contribution in [3.63, 3.8) is 0 Å². The number of rotatable bonds is 4. The molecule has 0 bridgehead atoms. The van der Waals surface area contributed by atoms with Crippen molar-refractivity contribution in [2.75, 3.05) is 27.7 Å². The van der Waals surface area contributed by atoms with Crippen LogP contribution in [0.15, 0.2) is 12.7 Å². The summed E-state index contributed by atoms with van der Waals surface area (Å²) in [7, 11) is 6.63. The second-order valence-electron chi connectivity index (χ2n) is 3.44. The summed E-state index contributed by atoms with van der Waals surface area (Å²) in [5.74, 6) is 0. The van der Waals surface area contributed by atoms with E-state index >= 15 is 0 Å². The Hall–Kier alpha value is 0.430. The van der Waals surface area contributed by atoms with Crippen LogP contribution in [0.25, 0.3) is 0 Å². The lowest BCUT2D eigenvalue weighted by Crippen LogP contribution is -3.00. The first-order chi connectivity index (χ1) is 4.06. The summed E-state index contributed by atoms with van der Waals surface area (Å²) in [4.78, 5) is 0. The minimum absolute atomic E-state index is 0. The number of quaternary nitrogens is 1. The Kier molecular flexibility index (Phi) is 8.04. The highest BCUT2D eigenvalue weighted by molar-refractivity contribution is 4.64. The maximum atomic E-state index is 3.67. The highest BCUT2D eigenvalue weighted by Gasteiger charge is 2.03. The summed E-state index contributed by atoms with van der Waals surface area (Å²) in [5.41, 5.74) is 0. The fraction of sp³-hybridized carbons (Fsp3) is 0.750. The molecule has 0 aromatic rings. The Labute approximate surface area is 81.7 Å². The van der Waals surface area contributed by atoms with Gasteiger partial charge >= 0.3 is 0 Å². The Bertz CT molecular complexity index is 83.7. The second kappa shape index (κ2) is 6.16. The van der Waals surface area contributed by atoms with Crippen LogP contribution in [0.2, 0.25) is 0 Å². The molecule has 0 saturated carbocycles. The molecule has 1 nitrogen and oxygen atoms in total. The lowest BCUT2D eigenvalue weighted by atomic mass is 10.3. The molecule has 0 atom stereocenters. The summed E-state index contributed by atoms with van der Waals surface area (Å²) in [5, 5.41) is 0. The minimum atomic E-state index is 0. The maximum absolute atomic E-state index is 3.67. The normalized spacial score (nSPS) is 10.3. The van der Waals surface area contributed by atoms with Crippen molar-refractivity contribution in [2.45, 2.75) is 12.8 Å². The third-order valence-electron chi connectivity index (χ3n) is 1.24. The fourth-order valence-electron chi connectivity index (χ4n) is 0.710. The van der Waals surface area contributed by atoms with Crippen LogP contribution in [-0.2, 0) is 0 Å². The van der Waals surface area contributed by atoms with Gasteiger partial charge < -0.3 is 28.5 Å². The molecule has 0 saturated heterocycles. The summed E-state index contributed by atoms with van der Waals surface area (Å²) < 4.78 is 1.06. The first-order valence-corrected chi connectivity index (χ1v) is 3.47. The van der Waals surface area contributed by atoms with Crippen LogP contribution in [-0.4, -0.2) is 32.2 Å². The first kappa shape index (κ1) is 13.1. The standard InChI is InChI=1S/C8H18N.HI/c1-5-6-7-8-9(2,3)4;/h5H,1,6-8H2,2-4H3;1H/q+1;/p-1. The average molecular weight is 255 g/mol. The van der Waals surface area contributed by atoms with Crippen LogP contribution in [0.3, 0.4) is 0 Å². The summed E-state index contributed by atoms with van der Waals surface area (Å²) in [6.07, 6.45) is 4.39. The van der Waals surface area contributed by atoms with Gasteiger partial charge in [-0.3, -0.25) is 0 Å². The molecule has 62 valence electrons. The second-order valence-corrected chi connectivity index (χ2v) is 3.44. The van der Waals surface area contributed by atoms with Gasteiger partial charge in [0.2, 0.25) is 0 Å². The third kappa shape index (κ3) is 11.3. The summed E-state index contributed by atoms with van der Waals surface area (Å²) in [6.45, 7) is 4.92. The van der Waals surface area contributed by atoms with Crippen LogP contribution in [0.5, 0.6) is 0 Å². The number of unbranched alkanes of at least 4 members (excludes halogenated alkanes) is 1. The van der Waals surface area contributed by atoms with E-state index < -0.39 is 0 Å². The van der Waals surface area contributed by atoms with Crippen molar-refractivity contribution in [3.8, 4) is 0 Å². The van der Waals surface area contributed by atoms with E-state index in [4.69, 9.17) is 0 Å². The van der Waals surface area contributed by atoms with Crippen molar-refractivity contribution in [3.05, 3.63) is 12.7 Å². The molecule has 0 heterocycles. The molecule has 0 aromatic heterocycles. The van der Waals surface area contributed by atoms with E-state index in [1.807, 2.05) is 6.08 Å². The van der Waals surface area contributed by atoms with Gasteiger partial charge in [-0.2, -0.15) is 0 Å². The zero-order valence-electron chi connectivity index (χ0n) is 7.23. The van der Waals surface area contributed by atoms with E-state index in [2.05, 4.69) is 27.7 Å². The minimum Gasteiger partial charge on any atom is -1.00 e. The monoisotopic (exact) mass is 255 g/mol. The van der Waals surface area contributed by atoms with E-state index in [-0.39, 0.29) is 24.0 Å². The molecular weight excluding hydrogens is 237 g/mol. The summed E-state index contributed by atoms with van der Waals surface area (Å²) in [6, 6.07) is 0. The quantitative estimate of drug-likeness (QED) is 0.252. The van der Waals surface area contributed by atoms with Gasteiger partial charge in [0.25, 0.3) is 0 Å². The number of nitrogens with zero attached hydrogens (tertiary/aromatic N) is 1. The van der Waals surface area contributed by atoms with Gasteiger partial charge in [-0.1, -0.05) is 6.08 Å². The van der Waals surface area contributed by atoms with Crippen molar-refractivity contribution in [1.82, 2.24) is 0 Å². The number of halogens is 1. The first-order valence-electron chi connectivity index (χ1n) is 3.47. The zero-order chi connectivity index (χ0) is 7.33. The van der Waals surface area contributed by atoms with Gasteiger partial charge in [0, 0.05) is 0 Å². The summed E-state index contributed by atoms with van der Waals surface area (Å²) >= 11 is 0. The van der Waals surface area contributed by atoms with Gasteiger partial charge in [-0.15, -0.1) is 6.58 Å². The number of allylic oxidation sites excluding steroid dienone is 1. The molecule has 0 aliphatic heterocycles. The molecule has 0 aliphatic rings. The molecule has 10 heavy (non-hydrogen) atoms. The molecular formula is C8H18IN. The average Bonchev–Trinajstić information content (AvgIpc) is 1.63. The van der Waals surface area contributed by atoms with Gasteiger partial charge in [-0.25, -0.2) is 0 Å². The van der Waals surface area contributed by atoms with Crippen molar-refractivity contribution < 1.29 is 28.5 Å². The fourth-order valence-corrected chi connectivity index (χ4v) is 0.710. The van der Waals surface area contributed by atoms with Gasteiger partial charge in [-0.05, 0) is 12.8 Å².